The van der Waals surface area contributed by atoms with Crippen LogP contribution in [0.15, 0.2) is 18.2 Å². The van der Waals surface area contributed by atoms with E-state index in [1.807, 2.05) is 0 Å². The van der Waals surface area contributed by atoms with Gasteiger partial charge in [0.1, 0.15) is 0 Å². The number of benzene rings is 1. The molecule has 0 saturated carbocycles. The minimum atomic E-state index is 0.474. The van der Waals surface area contributed by atoms with E-state index in [-0.39, 0.29) is 0 Å². The molecule has 0 atom stereocenters. The Balaban J connectivity index is 2.85. The summed E-state index contributed by atoms with van der Waals surface area (Å²) in [4.78, 5) is 0. The molecule has 0 aliphatic carbocycles. The van der Waals surface area contributed by atoms with Crippen LogP contribution in [-0.4, -0.2) is 6.04 Å². The van der Waals surface area contributed by atoms with E-state index in [0.717, 1.165) is 0 Å². The fourth-order valence-corrected chi connectivity index (χ4v) is 1.33. The Bertz CT molecular complexity index is 279. The summed E-state index contributed by atoms with van der Waals surface area (Å²) in [5.74, 6) is 0. The van der Waals surface area contributed by atoms with E-state index in [1.54, 1.807) is 0 Å². The highest BCUT2D eigenvalue weighted by atomic mass is 14.9. The van der Waals surface area contributed by atoms with Crippen molar-refractivity contribution in [2.75, 3.05) is 5.32 Å². The molecule has 0 unspecified atom stereocenters. The SMILES string of the molecule is Cc1cc(CN)ccc1NC(C)C. The Morgan fingerprint density at radius 1 is 1.38 bits per heavy atom. The lowest BCUT2D eigenvalue weighted by atomic mass is 10.1. The van der Waals surface area contributed by atoms with Crippen molar-refractivity contribution in [2.24, 2.45) is 5.73 Å². The summed E-state index contributed by atoms with van der Waals surface area (Å²) >= 11 is 0. The van der Waals surface area contributed by atoms with Gasteiger partial charge in [0.25, 0.3) is 0 Å². The van der Waals surface area contributed by atoms with Crippen LogP contribution in [0.4, 0.5) is 5.69 Å². The lowest BCUT2D eigenvalue weighted by Gasteiger charge is -2.13. The highest BCUT2D eigenvalue weighted by Crippen LogP contribution is 2.16. The first-order chi connectivity index (χ1) is 6.13. The molecule has 1 aromatic carbocycles. The Morgan fingerprint density at radius 2 is 2.08 bits per heavy atom. The quantitative estimate of drug-likeness (QED) is 0.745. The summed E-state index contributed by atoms with van der Waals surface area (Å²) in [5, 5.41) is 3.38. The van der Waals surface area contributed by atoms with Crippen molar-refractivity contribution < 1.29 is 0 Å². The molecule has 1 aromatic rings. The molecule has 0 bridgehead atoms. The number of aryl methyl sites for hydroxylation is 1. The monoisotopic (exact) mass is 178 g/mol. The summed E-state index contributed by atoms with van der Waals surface area (Å²) in [6.07, 6.45) is 0. The largest absolute Gasteiger partial charge is 0.383 e. The number of nitrogens with two attached hydrogens (primary N) is 1. The highest BCUT2D eigenvalue weighted by molar-refractivity contribution is 5.52. The number of rotatable bonds is 3. The first kappa shape index (κ1) is 10.1. The van der Waals surface area contributed by atoms with Gasteiger partial charge < -0.3 is 11.1 Å². The van der Waals surface area contributed by atoms with Crippen molar-refractivity contribution in [3.63, 3.8) is 0 Å². The molecule has 0 heterocycles. The van der Waals surface area contributed by atoms with Crippen molar-refractivity contribution >= 4 is 5.69 Å². The molecule has 0 aromatic heterocycles. The summed E-state index contributed by atoms with van der Waals surface area (Å²) in [7, 11) is 0. The third-order valence-electron chi connectivity index (χ3n) is 1.97. The zero-order valence-corrected chi connectivity index (χ0v) is 8.59. The standard InChI is InChI=1S/C11H18N2/c1-8(2)13-11-5-4-10(7-12)6-9(11)3/h4-6,8,13H,7,12H2,1-3H3. The third-order valence-corrected chi connectivity index (χ3v) is 1.97. The van der Waals surface area contributed by atoms with Crippen molar-refractivity contribution in [2.45, 2.75) is 33.4 Å². The van der Waals surface area contributed by atoms with E-state index in [9.17, 15) is 0 Å². The highest BCUT2D eigenvalue weighted by Gasteiger charge is 1.99. The predicted molar refractivity (Wildman–Crippen MR) is 57.8 cm³/mol. The lowest BCUT2D eigenvalue weighted by molar-refractivity contribution is 0.896. The van der Waals surface area contributed by atoms with Gasteiger partial charge >= 0.3 is 0 Å². The molecule has 0 aliphatic rings. The van der Waals surface area contributed by atoms with Crippen LogP contribution in [0.1, 0.15) is 25.0 Å². The number of nitrogens with one attached hydrogen (secondary N) is 1. The van der Waals surface area contributed by atoms with Gasteiger partial charge in [-0.2, -0.15) is 0 Å². The van der Waals surface area contributed by atoms with E-state index in [0.29, 0.717) is 12.6 Å². The average Bonchev–Trinajstić information content (AvgIpc) is 2.08. The summed E-state index contributed by atoms with van der Waals surface area (Å²) < 4.78 is 0. The molecule has 1 rings (SSSR count). The molecule has 0 radical (unpaired) electrons. The van der Waals surface area contributed by atoms with Crippen molar-refractivity contribution in [3.8, 4) is 0 Å². The molecule has 0 amide bonds. The van der Waals surface area contributed by atoms with Crippen LogP contribution in [0.3, 0.4) is 0 Å². The fraction of sp³-hybridized carbons (Fsp3) is 0.455. The molecule has 0 aliphatic heterocycles. The Morgan fingerprint density at radius 3 is 2.54 bits per heavy atom. The van der Waals surface area contributed by atoms with Crippen LogP contribution in [0.25, 0.3) is 0 Å². The van der Waals surface area contributed by atoms with Gasteiger partial charge in [-0.1, -0.05) is 12.1 Å². The second-order valence-corrected chi connectivity index (χ2v) is 3.65. The second-order valence-electron chi connectivity index (χ2n) is 3.65. The first-order valence-electron chi connectivity index (χ1n) is 4.69. The zero-order valence-electron chi connectivity index (χ0n) is 8.59. The fourth-order valence-electron chi connectivity index (χ4n) is 1.33. The van der Waals surface area contributed by atoms with Gasteiger partial charge in [0.2, 0.25) is 0 Å². The van der Waals surface area contributed by atoms with Crippen molar-refractivity contribution in [1.29, 1.82) is 0 Å². The zero-order chi connectivity index (χ0) is 9.84. The molecule has 2 nitrogen and oxygen atoms in total. The minimum Gasteiger partial charge on any atom is -0.383 e. The molecule has 2 heteroatoms. The van der Waals surface area contributed by atoms with Crippen LogP contribution in [-0.2, 0) is 6.54 Å². The Kier molecular flexibility index (Phi) is 3.32. The summed E-state index contributed by atoms with van der Waals surface area (Å²) in [6, 6.07) is 6.77. The van der Waals surface area contributed by atoms with Crippen LogP contribution in [0.5, 0.6) is 0 Å². The normalized spacial score (nSPS) is 10.5. The maximum Gasteiger partial charge on any atom is 0.0372 e. The molecule has 13 heavy (non-hydrogen) atoms. The van der Waals surface area contributed by atoms with Gasteiger partial charge in [0.15, 0.2) is 0 Å². The molecular formula is C11H18N2. The van der Waals surface area contributed by atoms with Crippen molar-refractivity contribution in [3.05, 3.63) is 29.3 Å². The van der Waals surface area contributed by atoms with E-state index in [1.165, 1.54) is 16.8 Å². The number of anilines is 1. The van der Waals surface area contributed by atoms with Gasteiger partial charge in [0.05, 0.1) is 0 Å². The van der Waals surface area contributed by atoms with E-state index < -0.39 is 0 Å². The molecule has 3 N–H and O–H groups in total. The van der Waals surface area contributed by atoms with Crippen LogP contribution >= 0.6 is 0 Å². The van der Waals surface area contributed by atoms with E-state index >= 15 is 0 Å². The average molecular weight is 178 g/mol. The lowest BCUT2D eigenvalue weighted by Crippen LogP contribution is -2.11. The second kappa shape index (κ2) is 4.28. The minimum absolute atomic E-state index is 0.474. The maximum absolute atomic E-state index is 5.55. The maximum atomic E-state index is 5.55. The summed E-state index contributed by atoms with van der Waals surface area (Å²) in [6.45, 7) is 6.99. The number of hydrogen-bond donors (Lipinski definition) is 2. The third kappa shape index (κ3) is 2.74. The van der Waals surface area contributed by atoms with Gasteiger partial charge in [-0.25, -0.2) is 0 Å². The molecule has 0 spiro atoms. The molecule has 0 fully saturated rings. The molecular weight excluding hydrogens is 160 g/mol. The smallest absolute Gasteiger partial charge is 0.0372 e. The predicted octanol–water partition coefficient (Wildman–Crippen LogP) is 2.27. The molecule has 0 saturated heterocycles. The van der Waals surface area contributed by atoms with Gasteiger partial charge in [-0.3, -0.25) is 0 Å². The van der Waals surface area contributed by atoms with Gasteiger partial charge in [0, 0.05) is 18.3 Å². The van der Waals surface area contributed by atoms with Gasteiger partial charge in [-0.05, 0) is 38.0 Å². The van der Waals surface area contributed by atoms with Gasteiger partial charge in [-0.15, -0.1) is 0 Å². The topological polar surface area (TPSA) is 38.0 Å². The molecule has 72 valence electrons. The Hall–Kier alpha value is -1.02. The Labute approximate surface area is 80.1 Å². The van der Waals surface area contributed by atoms with Crippen LogP contribution < -0.4 is 11.1 Å². The number of hydrogen-bond acceptors (Lipinski definition) is 2. The van der Waals surface area contributed by atoms with E-state index in [2.05, 4.69) is 44.3 Å². The van der Waals surface area contributed by atoms with Crippen LogP contribution in [0, 0.1) is 6.92 Å². The van der Waals surface area contributed by atoms with E-state index in [4.69, 9.17) is 5.73 Å². The first-order valence-corrected chi connectivity index (χ1v) is 4.69. The van der Waals surface area contributed by atoms with Crippen molar-refractivity contribution in [1.82, 2.24) is 0 Å². The van der Waals surface area contributed by atoms with Crippen LogP contribution in [0.2, 0.25) is 0 Å². The summed E-state index contributed by atoms with van der Waals surface area (Å²) in [5.41, 5.74) is 9.20.